The number of hydrogen-bond acceptors (Lipinski definition) is 5. The highest BCUT2D eigenvalue weighted by Crippen LogP contribution is 2.42. The summed E-state index contributed by atoms with van der Waals surface area (Å²) in [6.07, 6.45) is 4.80. The minimum absolute atomic E-state index is 0.306. The number of nitriles is 1. The highest BCUT2D eigenvalue weighted by molar-refractivity contribution is 6.07. The molecule has 154 valence electrons. The van der Waals surface area contributed by atoms with Gasteiger partial charge in [0.25, 0.3) is 5.91 Å². The van der Waals surface area contributed by atoms with Gasteiger partial charge in [0.1, 0.15) is 11.3 Å². The Morgan fingerprint density at radius 1 is 1.43 bits per heavy atom. The smallest absolute Gasteiger partial charge is 0.255 e. The average Bonchev–Trinajstić information content (AvgIpc) is 3.10. The molecule has 0 radical (unpaired) electrons. The van der Waals surface area contributed by atoms with Gasteiger partial charge in [-0.1, -0.05) is 13.0 Å². The summed E-state index contributed by atoms with van der Waals surface area (Å²) >= 11 is 0. The van der Waals surface area contributed by atoms with Gasteiger partial charge in [-0.2, -0.15) is 5.26 Å². The van der Waals surface area contributed by atoms with Crippen LogP contribution in [0, 0.1) is 17.2 Å². The summed E-state index contributed by atoms with van der Waals surface area (Å²) in [7, 11) is 3.60. The molecule has 1 aliphatic heterocycles. The van der Waals surface area contributed by atoms with E-state index in [2.05, 4.69) is 34.8 Å². The first-order valence-corrected chi connectivity index (χ1v) is 10.1. The number of piperidine rings is 1. The second-order valence-electron chi connectivity index (χ2n) is 7.82. The number of rotatable bonds is 4. The number of pyridine rings is 1. The van der Waals surface area contributed by atoms with Crippen molar-refractivity contribution in [2.45, 2.75) is 19.3 Å². The van der Waals surface area contributed by atoms with Crippen LogP contribution in [0.1, 0.15) is 40.7 Å². The van der Waals surface area contributed by atoms with E-state index in [0.29, 0.717) is 34.4 Å². The predicted octanol–water partition coefficient (Wildman–Crippen LogP) is 3.42. The molecule has 3 aromatic rings. The van der Waals surface area contributed by atoms with Gasteiger partial charge in [0.05, 0.1) is 30.3 Å². The van der Waals surface area contributed by atoms with Gasteiger partial charge in [0, 0.05) is 18.8 Å². The molecule has 3 heterocycles. The minimum atomic E-state index is -0.306. The van der Waals surface area contributed by atoms with Crippen LogP contribution < -0.4 is 15.4 Å². The number of nitrogens with one attached hydrogen (secondary N) is 2. The molecule has 7 heteroatoms. The van der Waals surface area contributed by atoms with Crippen LogP contribution in [0.15, 0.2) is 36.7 Å². The summed E-state index contributed by atoms with van der Waals surface area (Å²) in [4.78, 5) is 17.4. The topological polar surface area (TPSA) is 92.0 Å². The summed E-state index contributed by atoms with van der Waals surface area (Å²) in [5, 5.41) is 16.4. The van der Waals surface area contributed by atoms with E-state index >= 15 is 0 Å². The van der Waals surface area contributed by atoms with Crippen molar-refractivity contribution < 1.29 is 9.53 Å². The zero-order valence-corrected chi connectivity index (χ0v) is 17.4. The van der Waals surface area contributed by atoms with E-state index in [1.54, 1.807) is 37.6 Å². The molecule has 0 aliphatic carbocycles. The molecule has 0 bridgehead atoms. The lowest BCUT2D eigenvalue weighted by Gasteiger charge is -2.29. The van der Waals surface area contributed by atoms with Gasteiger partial charge in [-0.3, -0.25) is 4.79 Å². The number of ether oxygens (including phenoxy) is 1. The van der Waals surface area contributed by atoms with Gasteiger partial charge in [-0.15, -0.1) is 0 Å². The van der Waals surface area contributed by atoms with Gasteiger partial charge in [-0.25, -0.2) is 4.98 Å². The van der Waals surface area contributed by atoms with Crippen molar-refractivity contribution in [2.24, 2.45) is 13.0 Å². The number of anilines is 1. The van der Waals surface area contributed by atoms with E-state index in [1.807, 2.05) is 11.6 Å². The van der Waals surface area contributed by atoms with Crippen LogP contribution in [-0.4, -0.2) is 35.7 Å². The van der Waals surface area contributed by atoms with E-state index in [1.165, 1.54) is 5.56 Å². The van der Waals surface area contributed by atoms with Crippen molar-refractivity contribution in [1.29, 1.82) is 5.26 Å². The Morgan fingerprint density at radius 2 is 2.27 bits per heavy atom. The molecule has 2 aromatic heterocycles. The lowest BCUT2D eigenvalue weighted by molar-refractivity contribution is 0.102. The summed E-state index contributed by atoms with van der Waals surface area (Å²) in [6, 6.07) is 8.67. The molecule has 4 rings (SSSR count). The van der Waals surface area contributed by atoms with Gasteiger partial charge in [0.15, 0.2) is 5.75 Å². The Morgan fingerprint density at radius 3 is 3.00 bits per heavy atom. The molecule has 1 aromatic carbocycles. The summed E-state index contributed by atoms with van der Waals surface area (Å²) in [5.41, 5.74) is 3.40. The molecule has 1 fully saturated rings. The van der Waals surface area contributed by atoms with Gasteiger partial charge < -0.3 is 19.9 Å². The third kappa shape index (κ3) is 3.51. The van der Waals surface area contributed by atoms with Crippen molar-refractivity contribution in [1.82, 2.24) is 14.9 Å². The number of aromatic nitrogens is 2. The van der Waals surface area contributed by atoms with E-state index in [4.69, 9.17) is 10.00 Å². The monoisotopic (exact) mass is 403 g/mol. The Hall–Kier alpha value is -3.37. The van der Waals surface area contributed by atoms with Crippen LogP contribution in [0.3, 0.4) is 0 Å². The number of nitrogens with zero attached hydrogens (tertiary/aromatic N) is 3. The zero-order valence-electron chi connectivity index (χ0n) is 17.4. The zero-order chi connectivity index (χ0) is 21.3. The number of carbonyl (C=O) groups excluding carboxylic acids is 1. The highest BCUT2D eigenvalue weighted by atomic mass is 16.5. The normalized spacial score (nSPS) is 18.7. The lowest BCUT2D eigenvalue weighted by atomic mass is 9.82. The van der Waals surface area contributed by atoms with Crippen LogP contribution >= 0.6 is 0 Å². The average molecular weight is 403 g/mol. The predicted molar refractivity (Wildman–Crippen MR) is 116 cm³/mol. The third-order valence-corrected chi connectivity index (χ3v) is 5.86. The minimum Gasteiger partial charge on any atom is -0.494 e. The van der Waals surface area contributed by atoms with E-state index < -0.39 is 0 Å². The maximum absolute atomic E-state index is 12.8. The molecule has 0 saturated carbocycles. The molecule has 0 spiro atoms. The molecule has 2 N–H and O–H groups in total. The highest BCUT2D eigenvalue weighted by Gasteiger charge is 2.28. The molecular formula is C23H25N5O2. The Kier molecular flexibility index (Phi) is 5.42. The van der Waals surface area contributed by atoms with Crippen molar-refractivity contribution >= 4 is 22.6 Å². The largest absolute Gasteiger partial charge is 0.494 e. The molecule has 1 saturated heterocycles. The fourth-order valence-electron chi connectivity index (χ4n) is 4.33. The van der Waals surface area contributed by atoms with Crippen LogP contribution in [0.4, 0.5) is 5.69 Å². The van der Waals surface area contributed by atoms with Crippen LogP contribution in [0.25, 0.3) is 11.0 Å². The Bertz CT molecular complexity index is 1140. The number of fused-ring (bicyclic) bond motifs is 1. The fraction of sp³-hybridized carbons (Fsp3) is 0.348. The summed E-state index contributed by atoms with van der Waals surface area (Å²) in [6.45, 7) is 4.21. The molecule has 30 heavy (non-hydrogen) atoms. The number of benzene rings is 1. The molecule has 2 atom stereocenters. The Balaban J connectivity index is 1.76. The van der Waals surface area contributed by atoms with Crippen LogP contribution in [-0.2, 0) is 7.05 Å². The number of carbonyl (C=O) groups is 1. The third-order valence-electron chi connectivity index (χ3n) is 5.86. The first kappa shape index (κ1) is 19.9. The second kappa shape index (κ2) is 8.17. The number of hydrogen-bond donors (Lipinski definition) is 2. The maximum Gasteiger partial charge on any atom is 0.255 e. The van der Waals surface area contributed by atoms with Crippen molar-refractivity contribution in [2.75, 3.05) is 25.5 Å². The maximum atomic E-state index is 12.8. The van der Waals surface area contributed by atoms with Gasteiger partial charge in [0.2, 0.25) is 0 Å². The van der Waals surface area contributed by atoms with Crippen molar-refractivity contribution in [3.05, 3.63) is 53.3 Å². The van der Waals surface area contributed by atoms with Crippen molar-refractivity contribution in [3.63, 3.8) is 0 Å². The van der Waals surface area contributed by atoms with Crippen molar-refractivity contribution in [3.8, 4) is 11.8 Å². The second-order valence-corrected chi connectivity index (χ2v) is 7.82. The molecular weight excluding hydrogens is 378 g/mol. The molecule has 7 nitrogen and oxygen atoms in total. The Labute approximate surface area is 175 Å². The van der Waals surface area contributed by atoms with Crippen LogP contribution in [0.5, 0.6) is 5.75 Å². The number of amides is 1. The standard InChI is InChI=1S/C23H25N5O2/c1-14-11-25-8-7-17(14)18-13-28(2)22-20(18)21(30-3)19(12-26-22)27-23(29)16-6-4-5-15(9-16)10-24/h4-6,9,12-14,17,25H,7-8,11H2,1-3H3,(H,27,29). The summed E-state index contributed by atoms with van der Waals surface area (Å²) in [5.74, 6) is 1.19. The molecule has 1 amide bonds. The number of aryl methyl sites for hydroxylation is 1. The first-order chi connectivity index (χ1) is 14.5. The molecule has 1 aliphatic rings. The van der Waals surface area contributed by atoms with E-state index in [-0.39, 0.29) is 5.91 Å². The van der Waals surface area contributed by atoms with E-state index in [9.17, 15) is 4.79 Å². The fourth-order valence-corrected chi connectivity index (χ4v) is 4.33. The first-order valence-electron chi connectivity index (χ1n) is 10.1. The molecule has 2 unspecified atom stereocenters. The van der Waals surface area contributed by atoms with Crippen LogP contribution in [0.2, 0.25) is 0 Å². The SMILES string of the molecule is COc1c(NC(=O)c2cccc(C#N)c2)cnc2c1c(C1CCNCC1C)cn2C. The van der Waals surface area contributed by atoms with Gasteiger partial charge in [-0.05, 0) is 55.1 Å². The quantitative estimate of drug-likeness (QED) is 0.696. The lowest BCUT2D eigenvalue weighted by Crippen LogP contribution is -2.33. The summed E-state index contributed by atoms with van der Waals surface area (Å²) < 4.78 is 7.80. The van der Waals surface area contributed by atoms with E-state index in [0.717, 1.165) is 30.5 Å². The van der Waals surface area contributed by atoms with Gasteiger partial charge >= 0.3 is 0 Å². The number of methoxy groups -OCH3 is 1.